The molecular weight excluding hydrogens is 296 g/mol. The number of benzene rings is 2. The van der Waals surface area contributed by atoms with Crippen LogP contribution in [0, 0.1) is 0 Å². The summed E-state index contributed by atoms with van der Waals surface area (Å²) >= 11 is 0. The topological polar surface area (TPSA) is 46.3 Å². The molecule has 0 heterocycles. The molecule has 3 nitrogen and oxygen atoms in total. The Morgan fingerprint density at radius 2 is 1.25 bits per heavy atom. The van der Waals surface area contributed by atoms with E-state index in [1.807, 2.05) is 41.3 Å². The third kappa shape index (κ3) is 6.55. The van der Waals surface area contributed by atoms with E-state index in [9.17, 15) is 4.79 Å². The van der Waals surface area contributed by atoms with Crippen molar-refractivity contribution in [2.24, 2.45) is 5.73 Å². The molecule has 0 aliphatic rings. The van der Waals surface area contributed by atoms with E-state index >= 15 is 0 Å². The van der Waals surface area contributed by atoms with Crippen LogP contribution in [0.25, 0.3) is 0 Å². The van der Waals surface area contributed by atoms with Crippen molar-refractivity contribution >= 4 is 5.91 Å². The van der Waals surface area contributed by atoms with Crippen molar-refractivity contribution in [2.75, 3.05) is 6.54 Å². The molecule has 2 N–H and O–H groups in total. The molecule has 2 aromatic rings. The summed E-state index contributed by atoms with van der Waals surface area (Å²) in [6.07, 6.45) is 4.80. The molecule has 0 aliphatic carbocycles. The molecule has 0 fully saturated rings. The normalized spacial score (nSPS) is 10.5. The summed E-state index contributed by atoms with van der Waals surface area (Å²) in [6.45, 7) is 2.07. The summed E-state index contributed by atoms with van der Waals surface area (Å²) < 4.78 is 0. The second kappa shape index (κ2) is 10.6. The third-order valence-electron chi connectivity index (χ3n) is 4.13. The van der Waals surface area contributed by atoms with Gasteiger partial charge in [0, 0.05) is 19.5 Å². The van der Waals surface area contributed by atoms with Gasteiger partial charge in [0.05, 0.1) is 0 Å². The number of rotatable bonds is 10. The number of hydrogen-bond acceptors (Lipinski definition) is 2. The lowest BCUT2D eigenvalue weighted by Gasteiger charge is -2.23. The van der Waals surface area contributed by atoms with Gasteiger partial charge in [-0.25, -0.2) is 0 Å². The molecule has 0 radical (unpaired) electrons. The van der Waals surface area contributed by atoms with Crippen LogP contribution < -0.4 is 5.73 Å². The molecule has 2 rings (SSSR count). The minimum absolute atomic E-state index is 0.232. The van der Waals surface area contributed by atoms with Gasteiger partial charge in [-0.3, -0.25) is 4.79 Å². The SMILES string of the molecule is NCCCCCCC(=O)N(Cc1ccccc1)Cc1ccccc1. The van der Waals surface area contributed by atoms with Gasteiger partial charge in [0.2, 0.25) is 5.91 Å². The van der Waals surface area contributed by atoms with Gasteiger partial charge in [-0.2, -0.15) is 0 Å². The molecule has 2 aromatic carbocycles. The van der Waals surface area contributed by atoms with E-state index in [0.29, 0.717) is 19.5 Å². The minimum Gasteiger partial charge on any atom is -0.334 e. The number of nitrogens with zero attached hydrogens (tertiary/aromatic N) is 1. The maximum Gasteiger partial charge on any atom is 0.223 e. The summed E-state index contributed by atoms with van der Waals surface area (Å²) in [7, 11) is 0. The van der Waals surface area contributed by atoms with E-state index in [0.717, 1.165) is 32.2 Å². The monoisotopic (exact) mass is 324 g/mol. The van der Waals surface area contributed by atoms with Crippen LogP contribution in [0.15, 0.2) is 60.7 Å². The molecule has 0 aliphatic heterocycles. The lowest BCUT2D eigenvalue weighted by molar-refractivity contribution is -0.132. The van der Waals surface area contributed by atoms with E-state index in [1.54, 1.807) is 0 Å². The van der Waals surface area contributed by atoms with Crippen LogP contribution in [-0.2, 0) is 17.9 Å². The Balaban J connectivity index is 1.95. The van der Waals surface area contributed by atoms with Crippen LogP contribution >= 0.6 is 0 Å². The quantitative estimate of drug-likeness (QED) is 0.668. The lowest BCUT2D eigenvalue weighted by atomic mass is 10.1. The Bertz CT molecular complexity index is 542. The maximum atomic E-state index is 12.7. The minimum atomic E-state index is 0.232. The fourth-order valence-corrected chi connectivity index (χ4v) is 2.77. The summed E-state index contributed by atoms with van der Waals surface area (Å²) in [4.78, 5) is 14.7. The van der Waals surface area contributed by atoms with E-state index < -0.39 is 0 Å². The van der Waals surface area contributed by atoms with Crippen LogP contribution in [0.2, 0.25) is 0 Å². The van der Waals surface area contributed by atoms with Gasteiger partial charge in [0.15, 0.2) is 0 Å². The highest BCUT2D eigenvalue weighted by molar-refractivity contribution is 5.76. The lowest BCUT2D eigenvalue weighted by Crippen LogP contribution is -2.29. The van der Waals surface area contributed by atoms with Gasteiger partial charge in [-0.05, 0) is 30.5 Å². The molecule has 1 amide bonds. The van der Waals surface area contributed by atoms with Crippen LogP contribution in [0.4, 0.5) is 0 Å². The zero-order valence-corrected chi connectivity index (χ0v) is 14.4. The Morgan fingerprint density at radius 1 is 0.750 bits per heavy atom. The highest BCUT2D eigenvalue weighted by Gasteiger charge is 2.14. The Kier molecular flexibility index (Phi) is 8.05. The van der Waals surface area contributed by atoms with Crippen LogP contribution in [0.3, 0.4) is 0 Å². The van der Waals surface area contributed by atoms with E-state index in [-0.39, 0.29) is 5.91 Å². The molecule has 0 bridgehead atoms. The second-order valence-electron chi connectivity index (χ2n) is 6.17. The highest BCUT2D eigenvalue weighted by Crippen LogP contribution is 2.13. The van der Waals surface area contributed by atoms with Gasteiger partial charge in [0.1, 0.15) is 0 Å². The van der Waals surface area contributed by atoms with Gasteiger partial charge in [-0.1, -0.05) is 73.5 Å². The molecule has 24 heavy (non-hydrogen) atoms. The molecule has 0 atom stereocenters. The average Bonchev–Trinajstić information content (AvgIpc) is 2.62. The first-order valence-corrected chi connectivity index (χ1v) is 8.85. The zero-order chi connectivity index (χ0) is 17.0. The first-order valence-electron chi connectivity index (χ1n) is 8.85. The van der Waals surface area contributed by atoms with Crippen molar-refractivity contribution in [1.82, 2.24) is 4.90 Å². The summed E-state index contributed by atoms with van der Waals surface area (Å²) in [5, 5.41) is 0. The Hall–Kier alpha value is -2.13. The molecule has 0 unspecified atom stereocenters. The maximum absolute atomic E-state index is 12.7. The van der Waals surface area contributed by atoms with Crippen molar-refractivity contribution in [1.29, 1.82) is 0 Å². The second-order valence-corrected chi connectivity index (χ2v) is 6.17. The van der Waals surface area contributed by atoms with Gasteiger partial charge >= 0.3 is 0 Å². The predicted molar refractivity (Wildman–Crippen MR) is 99.3 cm³/mol. The zero-order valence-electron chi connectivity index (χ0n) is 14.4. The molecule has 0 saturated carbocycles. The van der Waals surface area contributed by atoms with Gasteiger partial charge < -0.3 is 10.6 Å². The van der Waals surface area contributed by atoms with E-state index in [4.69, 9.17) is 5.73 Å². The number of hydrogen-bond donors (Lipinski definition) is 1. The first-order chi connectivity index (χ1) is 11.8. The van der Waals surface area contributed by atoms with Crippen LogP contribution in [0.1, 0.15) is 43.2 Å². The van der Waals surface area contributed by atoms with Crippen molar-refractivity contribution < 1.29 is 4.79 Å². The fourth-order valence-electron chi connectivity index (χ4n) is 2.77. The fraction of sp³-hybridized carbons (Fsp3) is 0.381. The van der Waals surface area contributed by atoms with Crippen molar-refractivity contribution in [3.05, 3.63) is 71.8 Å². The standard InChI is InChI=1S/C21H28N2O/c22-16-10-2-1-9-15-21(24)23(17-19-11-5-3-6-12-19)18-20-13-7-4-8-14-20/h3-8,11-14H,1-2,9-10,15-18,22H2. The number of carbonyl (C=O) groups excluding carboxylic acids is 1. The molecular formula is C21H28N2O. The summed E-state index contributed by atoms with van der Waals surface area (Å²) in [5.41, 5.74) is 7.86. The largest absolute Gasteiger partial charge is 0.334 e. The number of carbonyl (C=O) groups is 1. The molecule has 0 aromatic heterocycles. The third-order valence-corrected chi connectivity index (χ3v) is 4.13. The smallest absolute Gasteiger partial charge is 0.223 e. The van der Waals surface area contributed by atoms with E-state index in [2.05, 4.69) is 24.3 Å². The van der Waals surface area contributed by atoms with Crippen molar-refractivity contribution in [2.45, 2.75) is 45.2 Å². The number of nitrogens with two attached hydrogens (primary N) is 1. The summed E-state index contributed by atoms with van der Waals surface area (Å²) in [5.74, 6) is 0.232. The number of amides is 1. The van der Waals surface area contributed by atoms with Gasteiger partial charge in [-0.15, -0.1) is 0 Å². The highest BCUT2D eigenvalue weighted by atomic mass is 16.2. The Labute approximate surface area is 145 Å². The average molecular weight is 324 g/mol. The van der Waals surface area contributed by atoms with Crippen molar-refractivity contribution in [3.63, 3.8) is 0 Å². The summed E-state index contributed by atoms with van der Waals surface area (Å²) in [6, 6.07) is 20.4. The molecule has 3 heteroatoms. The molecule has 0 saturated heterocycles. The first kappa shape index (κ1) is 18.2. The van der Waals surface area contributed by atoms with Crippen molar-refractivity contribution in [3.8, 4) is 0 Å². The van der Waals surface area contributed by atoms with Crippen LogP contribution in [-0.4, -0.2) is 17.4 Å². The van der Waals surface area contributed by atoms with E-state index in [1.165, 1.54) is 11.1 Å². The number of unbranched alkanes of at least 4 members (excludes halogenated alkanes) is 3. The Morgan fingerprint density at radius 3 is 1.75 bits per heavy atom. The van der Waals surface area contributed by atoms with Crippen LogP contribution in [0.5, 0.6) is 0 Å². The molecule has 0 spiro atoms. The van der Waals surface area contributed by atoms with Gasteiger partial charge in [0.25, 0.3) is 0 Å². The molecule has 128 valence electrons. The predicted octanol–water partition coefficient (Wildman–Crippen LogP) is 4.12.